The van der Waals surface area contributed by atoms with E-state index in [4.69, 9.17) is 5.11 Å². The first-order valence-electron chi connectivity index (χ1n) is 8.28. The molecule has 2 rings (SSSR count). The zero-order chi connectivity index (χ0) is 14.2. The Morgan fingerprint density at radius 2 is 2.10 bits per heavy atom. The molecule has 0 aromatic heterocycles. The van der Waals surface area contributed by atoms with E-state index in [9.17, 15) is 0 Å². The number of aryl methyl sites for hydroxylation is 1. The maximum atomic E-state index is 8.92. The van der Waals surface area contributed by atoms with E-state index < -0.39 is 0 Å². The molecule has 0 aliphatic heterocycles. The molecule has 2 unspecified atom stereocenters. The summed E-state index contributed by atoms with van der Waals surface area (Å²) in [6.07, 6.45) is 9.91. The highest BCUT2D eigenvalue weighted by molar-refractivity contribution is 5.46. The van der Waals surface area contributed by atoms with Crippen molar-refractivity contribution >= 4 is 5.69 Å². The lowest BCUT2D eigenvalue weighted by atomic mass is 9.98. The van der Waals surface area contributed by atoms with Crippen LogP contribution >= 0.6 is 0 Å². The smallest absolute Gasteiger partial charge is 0.0434 e. The van der Waals surface area contributed by atoms with Crippen LogP contribution in [0.1, 0.15) is 57.4 Å². The predicted molar refractivity (Wildman–Crippen MR) is 86.1 cm³/mol. The molecule has 112 valence electrons. The van der Waals surface area contributed by atoms with Crippen LogP contribution in [-0.2, 0) is 6.42 Å². The van der Waals surface area contributed by atoms with Crippen LogP contribution in [0.25, 0.3) is 0 Å². The van der Waals surface area contributed by atoms with E-state index >= 15 is 0 Å². The molecule has 1 fully saturated rings. The predicted octanol–water partition coefficient (Wildman–Crippen LogP) is 4.38. The van der Waals surface area contributed by atoms with Crippen LogP contribution in [0.3, 0.4) is 0 Å². The number of hydrogen-bond acceptors (Lipinski definition) is 2. The number of benzene rings is 1. The summed E-state index contributed by atoms with van der Waals surface area (Å²) in [7, 11) is 0. The maximum absolute atomic E-state index is 8.92. The Kier molecular flexibility index (Phi) is 6.38. The third kappa shape index (κ3) is 4.82. The summed E-state index contributed by atoms with van der Waals surface area (Å²) in [5, 5.41) is 12.6. The number of hydrogen-bond donors (Lipinski definition) is 2. The van der Waals surface area contributed by atoms with Gasteiger partial charge in [-0.15, -0.1) is 0 Å². The van der Waals surface area contributed by atoms with E-state index in [1.807, 2.05) is 0 Å². The molecular weight excluding hydrogens is 246 g/mol. The van der Waals surface area contributed by atoms with Crippen LogP contribution in [0, 0.1) is 5.92 Å². The summed E-state index contributed by atoms with van der Waals surface area (Å²) >= 11 is 0. The molecule has 1 aliphatic rings. The first-order chi connectivity index (χ1) is 9.81. The largest absolute Gasteiger partial charge is 0.396 e. The van der Waals surface area contributed by atoms with E-state index in [2.05, 4.69) is 36.5 Å². The second-order valence-electron chi connectivity index (χ2n) is 6.15. The number of aliphatic hydroxyl groups excluding tert-OH is 1. The highest BCUT2D eigenvalue weighted by atomic mass is 16.2. The van der Waals surface area contributed by atoms with E-state index in [1.54, 1.807) is 0 Å². The molecule has 1 saturated carbocycles. The lowest BCUT2D eigenvalue weighted by Gasteiger charge is -2.18. The van der Waals surface area contributed by atoms with Crippen LogP contribution in [0.15, 0.2) is 24.3 Å². The number of nitrogens with one attached hydrogen (secondary N) is 1. The molecule has 1 aromatic rings. The first kappa shape index (κ1) is 15.4. The van der Waals surface area contributed by atoms with Gasteiger partial charge in [0.15, 0.2) is 0 Å². The van der Waals surface area contributed by atoms with Crippen LogP contribution < -0.4 is 5.32 Å². The van der Waals surface area contributed by atoms with E-state index in [-0.39, 0.29) is 6.61 Å². The molecular formula is C18H29NO. The molecule has 20 heavy (non-hydrogen) atoms. The normalized spacial score (nSPS) is 23.3. The van der Waals surface area contributed by atoms with E-state index in [0.717, 1.165) is 18.8 Å². The molecule has 0 saturated heterocycles. The SMILES string of the molecule is CCC1CCCC(Nc2cccc(CCCO)c2)CC1. The molecule has 0 bridgehead atoms. The molecule has 2 N–H and O–H groups in total. The average Bonchev–Trinajstić information content (AvgIpc) is 2.71. The van der Waals surface area contributed by atoms with Gasteiger partial charge in [-0.25, -0.2) is 0 Å². The number of rotatable bonds is 6. The van der Waals surface area contributed by atoms with Crippen molar-refractivity contribution in [1.29, 1.82) is 0 Å². The molecule has 0 spiro atoms. The van der Waals surface area contributed by atoms with Crippen LogP contribution in [0.5, 0.6) is 0 Å². The molecule has 2 nitrogen and oxygen atoms in total. The Labute approximate surface area is 123 Å². The standard InChI is InChI=1S/C18H29NO/c1-2-15-6-3-9-17(12-11-15)19-18-10-4-7-16(14-18)8-5-13-20/h4,7,10,14-15,17,19-20H,2-3,5-6,8-9,11-13H2,1H3. The van der Waals surface area contributed by atoms with Crippen molar-refractivity contribution in [2.45, 2.75) is 64.3 Å². The van der Waals surface area contributed by atoms with E-state index in [0.29, 0.717) is 6.04 Å². The Bertz CT molecular complexity index is 391. The molecule has 1 aliphatic carbocycles. The summed E-state index contributed by atoms with van der Waals surface area (Å²) in [6, 6.07) is 9.34. The van der Waals surface area contributed by atoms with Gasteiger partial charge in [-0.2, -0.15) is 0 Å². The van der Waals surface area contributed by atoms with Gasteiger partial charge in [0.1, 0.15) is 0 Å². The van der Waals surface area contributed by atoms with Gasteiger partial charge in [-0.3, -0.25) is 0 Å². The maximum Gasteiger partial charge on any atom is 0.0434 e. The molecule has 0 heterocycles. The van der Waals surface area contributed by atoms with Crippen LogP contribution in [0.2, 0.25) is 0 Å². The summed E-state index contributed by atoms with van der Waals surface area (Å²) < 4.78 is 0. The van der Waals surface area contributed by atoms with Crippen LogP contribution in [0.4, 0.5) is 5.69 Å². The van der Waals surface area contributed by atoms with Gasteiger partial charge in [0.05, 0.1) is 0 Å². The van der Waals surface area contributed by atoms with Crippen LogP contribution in [-0.4, -0.2) is 17.8 Å². The quantitative estimate of drug-likeness (QED) is 0.755. The van der Waals surface area contributed by atoms with Crippen molar-refractivity contribution in [3.63, 3.8) is 0 Å². The second kappa shape index (κ2) is 8.31. The second-order valence-corrected chi connectivity index (χ2v) is 6.15. The zero-order valence-electron chi connectivity index (χ0n) is 12.8. The Hall–Kier alpha value is -1.02. The zero-order valence-corrected chi connectivity index (χ0v) is 12.8. The van der Waals surface area contributed by atoms with Gasteiger partial charge >= 0.3 is 0 Å². The Morgan fingerprint density at radius 1 is 1.20 bits per heavy atom. The van der Waals surface area contributed by atoms with Gasteiger partial charge in [0.25, 0.3) is 0 Å². The third-order valence-electron chi connectivity index (χ3n) is 4.59. The molecule has 0 amide bonds. The lowest BCUT2D eigenvalue weighted by molar-refractivity contribution is 0.288. The summed E-state index contributed by atoms with van der Waals surface area (Å²) in [5.41, 5.74) is 2.57. The van der Waals surface area contributed by atoms with Crippen molar-refractivity contribution in [1.82, 2.24) is 0 Å². The lowest BCUT2D eigenvalue weighted by Crippen LogP contribution is -2.18. The summed E-state index contributed by atoms with van der Waals surface area (Å²) in [5.74, 6) is 0.942. The van der Waals surface area contributed by atoms with Crippen molar-refractivity contribution in [2.75, 3.05) is 11.9 Å². The van der Waals surface area contributed by atoms with Gasteiger partial charge in [0.2, 0.25) is 0 Å². The van der Waals surface area contributed by atoms with Crippen molar-refractivity contribution in [2.24, 2.45) is 5.92 Å². The minimum atomic E-state index is 0.276. The number of anilines is 1. The fourth-order valence-electron chi connectivity index (χ4n) is 3.27. The highest BCUT2D eigenvalue weighted by Gasteiger charge is 2.17. The number of aliphatic hydroxyl groups is 1. The monoisotopic (exact) mass is 275 g/mol. The first-order valence-corrected chi connectivity index (χ1v) is 8.28. The molecule has 2 atom stereocenters. The topological polar surface area (TPSA) is 32.3 Å². The fourth-order valence-corrected chi connectivity index (χ4v) is 3.27. The summed E-state index contributed by atoms with van der Waals surface area (Å²) in [4.78, 5) is 0. The minimum absolute atomic E-state index is 0.276. The molecule has 2 heteroatoms. The van der Waals surface area contributed by atoms with Crippen molar-refractivity contribution in [3.8, 4) is 0 Å². The third-order valence-corrected chi connectivity index (χ3v) is 4.59. The van der Waals surface area contributed by atoms with Gasteiger partial charge in [0, 0.05) is 18.3 Å². The Morgan fingerprint density at radius 3 is 2.90 bits per heavy atom. The minimum Gasteiger partial charge on any atom is -0.396 e. The average molecular weight is 275 g/mol. The van der Waals surface area contributed by atoms with Crippen molar-refractivity contribution in [3.05, 3.63) is 29.8 Å². The van der Waals surface area contributed by atoms with Crippen molar-refractivity contribution < 1.29 is 5.11 Å². The summed E-state index contributed by atoms with van der Waals surface area (Å²) in [6.45, 7) is 2.60. The molecule has 1 aromatic carbocycles. The van der Waals surface area contributed by atoms with Gasteiger partial charge in [-0.1, -0.05) is 38.3 Å². The van der Waals surface area contributed by atoms with E-state index in [1.165, 1.54) is 49.8 Å². The Balaban J connectivity index is 1.88. The highest BCUT2D eigenvalue weighted by Crippen LogP contribution is 2.27. The fraction of sp³-hybridized carbons (Fsp3) is 0.667. The van der Waals surface area contributed by atoms with Gasteiger partial charge < -0.3 is 10.4 Å². The van der Waals surface area contributed by atoms with Gasteiger partial charge in [-0.05, 0) is 55.7 Å². The molecule has 0 radical (unpaired) electrons.